The van der Waals surface area contributed by atoms with Gasteiger partial charge in [-0.3, -0.25) is 14.7 Å². The minimum absolute atomic E-state index is 0.211. The summed E-state index contributed by atoms with van der Waals surface area (Å²) in [6.45, 7) is 4.04. The van der Waals surface area contributed by atoms with E-state index >= 15 is 0 Å². The molecule has 0 spiro atoms. The van der Waals surface area contributed by atoms with Crippen LogP contribution in [0.3, 0.4) is 0 Å². The Kier molecular flexibility index (Phi) is 3.47. The molecule has 2 bridgehead atoms. The number of carboxylic acid groups (broad SMARTS) is 1. The molecule has 1 heterocycles. The minimum Gasteiger partial charge on any atom is -0.481 e. The molecule has 21 heavy (non-hydrogen) atoms. The van der Waals surface area contributed by atoms with Crippen molar-refractivity contribution < 1.29 is 14.7 Å². The maximum atomic E-state index is 12.3. The SMILES string of the molecule is CC(C)c1cc(C(=O)N[C@@H]2[C@H]3CC[C@@H](C3)[C@@H]2C(=O)O)n[nH]1. The Bertz CT molecular complexity index is 566. The highest BCUT2D eigenvalue weighted by Crippen LogP contribution is 2.48. The number of carbonyl (C=O) groups excluding carboxylic acids is 1. The molecule has 0 radical (unpaired) electrons. The number of nitrogens with one attached hydrogen (secondary N) is 2. The first kappa shape index (κ1) is 14.1. The van der Waals surface area contributed by atoms with Gasteiger partial charge in [-0.2, -0.15) is 5.10 Å². The van der Waals surface area contributed by atoms with Crippen molar-refractivity contribution in [3.8, 4) is 0 Å². The smallest absolute Gasteiger partial charge is 0.308 e. The zero-order valence-corrected chi connectivity index (χ0v) is 12.3. The summed E-state index contributed by atoms with van der Waals surface area (Å²) in [4.78, 5) is 23.7. The molecule has 1 aromatic heterocycles. The zero-order chi connectivity index (χ0) is 15.1. The van der Waals surface area contributed by atoms with Gasteiger partial charge in [-0.25, -0.2) is 0 Å². The van der Waals surface area contributed by atoms with Crippen molar-refractivity contribution in [3.63, 3.8) is 0 Å². The number of nitrogens with zero attached hydrogens (tertiary/aromatic N) is 1. The molecular formula is C15H21N3O3. The molecule has 3 rings (SSSR count). The van der Waals surface area contributed by atoms with Crippen molar-refractivity contribution in [2.45, 2.75) is 45.1 Å². The van der Waals surface area contributed by atoms with Gasteiger partial charge in [0.1, 0.15) is 5.69 Å². The summed E-state index contributed by atoms with van der Waals surface area (Å²) in [5, 5.41) is 19.2. The Morgan fingerprint density at radius 3 is 2.71 bits per heavy atom. The number of hydrogen-bond donors (Lipinski definition) is 3. The third-order valence-electron chi connectivity index (χ3n) is 4.95. The van der Waals surface area contributed by atoms with Crippen LogP contribution in [-0.4, -0.2) is 33.2 Å². The molecule has 6 nitrogen and oxygen atoms in total. The molecular weight excluding hydrogens is 270 g/mol. The summed E-state index contributed by atoms with van der Waals surface area (Å²) in [6, 6.07) is 1.48. The van der Waals surface area contributed by atoms with Crippen LogP contribution in [0.5, 0.6) is 0 Å². The maximum Gasteiger partial charge on any atom is 0.308 e. The predicted octanol–water partition coefficient (Wildman–Crippen LogP) is 1.76. The Hall–Kier alpha value is -1.85. The zero-order valence-electron chi connectivity index (χ0n) is 12.3. The van der Waals surface area contributed by atoms with E-state index in [1.807, 2.05) is 13.8 Å². The molecule has 0 saturated heterocycles. The van der Waals surface area contributed by atoms with Crippen LogP contribution in [0, 0.1) is 17.8 Å². The monoisotopic (exact) mass is 291 g/mol. The van der Waals surface area contributed by atoms with E-state index in [2.05, 4.69) is 15.5 Å². The lowest BCUT2D eigenvalue weighted by atomic mass is 9.84. The van der Waals surface area contributed by atoms with Crippen molar-refractivity contribution >= 4 is 11.9 Å². The topological polar surface area (TPSA) is 95.1 Å². The van der Waals surface area contributed by atoms with E-state index in [1.54, 1.807) is 6.07 Å². The number of amides is 1. The largest absolute Gasteiger partial charge is 0.481 e. The number of carbonyl (C=O) groups is 2. The first-order valence-corrected chi connectivity index (χ1v) is 7.56. The summed E-state index contributed by atoms with van der Waals surface area (Å²) in [7, 11) is 0. The lowest BCUT2D eigenvalue weighted by molar-refractivity contribution is -0.144. The maximum absolute atomic E-state index is 12.3. The number of aromatic amines is 1. The van der Waals surface area contributed by atoms with Gasteiger partial charge in [-0.1, -0.05) is 13.8 Å². The standard InChI is InChI=1S/C15H21N3O3/c1-7(2)10-6-11(18-17-10)14(19)16-13-9-4-3-8(5-9)12(13)15(20)21/h6-9,12-13H,3-5H2,1-2H3,(H,16,19)(H,17,18)(H,20,21)/t8-,9-,12-,13+/m0/s1. The van der Waals surface area contributed by atoms with Crippen LogP contribution in [0.1, 0.15) is 55.2 Å². The first-order valence-electron chi connectivity index (χ1n) is 7.56. The van der Waals surface area contributed by atoms with Crippen molar-refractivity contribution in [2.24, 2.45) is 17.8 Å². The summed E-state index contributed by atoms with van der Waals surface area (Å²) in [5.74, 6) is -0.740. The molecule has 1 aromatic rings. The predicted molar refractivity (Wildman–Crippen MR) is 75.9 cm³/mol. The van der Waals surface area contributed by atoms with Gasteiger partial charge in [0.15, 0.2) is 0 Å². The minimum atomic E-state index is -0.794. The summed E-state index contributed by atoms with van der Waals surface area (Å²) in [5.41, 5.74) is 1.24. The second-order valence-corrected chi connectivity index (χ2v) is 6.56. The Balaban J connectivity index is 1.73. The average molecular weight is 291 g/mol. The van der Waals surface area contributed by atoms with E-state index in [4.69, 9.17) is 0 Å². The lowest BCUT2D eigenvalue weighted by Gasteiger charge is -2.28. The average Bonchev–Trinajstić information content (AvgIpc) is 3.13. The van der Waals surface area contributed by atoms with Gasteiger partial charge < -0.3 is 10.4 Å². The van der Waals surface area contributed by atoms with Gasteiger partial charge in [0.2, 0.25) is 0 Å². The number of hydrogen-bond acceptors (Lipinski definition) is 3. The number of carboxylic acids is 1. The highest BCUT2D eigenvalue weighted by molar-refractivity contribution is 5.93. The van der Waals surface area contributed by atoms with Gasteiger partial charge in [0.25, 0.3) is 5.91 Å². The Morgan fingerprint density at radius 2 is 2.10 bits per heavy atom. The van der Waals surface area contributed by atoms with Gasteiger partial charge in [-0.05, 0) is 43.1 Å². The molecule has 0 aliphatic heterocycles. The number of rotatable bonds is 4. The first-order chi connectivity index (χ1) is 9.97. The van der Waals surface area contributed by atoms with Crippen molar-refractivity contribution in [3.05, 3.63) is 17.5 Å². The normalized spacial score (nSPS) is 30.8. The third-order valence-corrected chi connectivity index (χ3v) is 4.95. The second kappa shape index (κ2) is 5.16. The van der Waals surface area contributed by atoms with Gasteiger partial charge in [0, 0.05) is 11.7 Å². The van der Waals surface area contributed by atoms with Crippen LogP contribution < -0.4 is 5.32 Å². The molecule has 2 aliphatic carbocycles. The summed E-state index contributed by atoms with van der Waals surface area (Å²) in [6.07, 6.45) is 2.89. The molecule has 4 atom stereocenters. The van der Waals surface area contributed by atoms with Crippen molar-refractivity contribution in [1.29, 1.82) is 0 Å². The molecule has 2 saturated carbocycles. The van der Waals surface area contributed by atoms with Crippen LogP contribution in [0.2, 0.25) is 0 Å². The number of fused-ring (bicyclic) bond motifs is 2. The third kappa shape index (κ3) is 2.43. The van der Waals surface area contributed by atoms with Crippen LogP contribution in [-0.2, 0) is 4.79 Å². The Morgan fingerprint density at radius 1 is 1.38 bits per heavy atom. The van der Waals surface area contributed by atoms with E-state index < -0.39 is 11.9 Å². The number of aliphatic carboxylic acids is 1. The fraction of sp³-hybridized carbons (Fsp3) is 0.667. The van der Waals surface area contributed by atoms with E-state index in [1.165, 1.54) is 0 Å². The van der Waals surface area contributed by atoms with Crippen LogP contribution in [0.25, 0.3) is 0 Å². The van der Waals surface area contributed by atoms with Crippen molar-refractivity contribution in [2.75, 3.05) is 0 Å². The number of aromatic nitrogens is 2. The Labute approximate surface area is 123 Å². The molecule has 114 valence electrons. The molecule has 2 fully saturated rings. The fourth-order valence-electron chi connectivity index (χ4n) is 3.83. The van der Waals surface area contributed by atoms with E-state index in [9.17, 15) is 14.7 Å². The molecule has 1 amide bonds. The fourth-order valence-corrected chi connectivity index (χ4v) is 3.83. The van der Waals surface area contributed by atoms with E-state index in [0.29, 0.717) is 11.6 Å². The van der Waals surface area contributed by atoms with Gasteiger partial charge in [0.05, 0.1) is 5.92 Å². The van der Waals surface area contributed by atoms with E-state index in [0.717, 1.165) is 25.0 Å². The second-order valence-electron chi connectivity index (χ2n) is 6.56. The van der Waals surface area contributed by atoms with Crippen LogP contribution in [0.15, 0.2) is 6.07 Å². The van der Waals surface area contributed by atoms with E-state index in [-0.39, 0.29) is 23.8 Å². The molecule has 2 aliphatic rings. The molecule has 6 heteroatoms. The highest BCUT2D eigenvalue weighted by Gasteiger charge is 2.51. The van der Waals surface area contributed by atoms with Crippen molar-refractivity contribution in [1.82, 2.24) is 15.5 Å². The molecule has 0 unspecified atom stereocenters. The van der Waals surface area contributed by atoms with Gasteiger partial charge >= 0.3 is 5.97 Å². The summed E-state index contributed by atoms with van der Waals surface area (Å²) >= 11 is 0. The summed E-state index contributed by atoms with van der Waals surface area (Å²) < 4.78 is 0. The lowest BCUT2D eigenvalue weighted by Crippen LogP contribution is -2.46. The molecule has 3 N–H and O–H groups in total. The highest BCUT2D eigenvalue weighted by atomic mass is 16.4. The van der Waals surface area contributed by atoms with Gasteiger partial charge in [-0.15, -0.1) is 0 Å². The molecule has 0 aromatic carbocycles. The van der Waals surface area contributed by atoms with Crippen LogP contribution >= 0.6 is 0 Å². The number of H-pyrrole nitrogens is 1. The van der Waals surface area contributed by atoms with Crippen LogP contribution in [0.4, 0.5) is 0 Å². The quantitative estimate of drug-likeness (QED) is 0.787.